The number of amides is 2. The molecule has 1 aromatic heterocycles. The van der Waals surface area contributed by atoms with Crippen LogP contribution in [-0.4, -0.2) is 21.6 Å². The van der Waals surface area contributed by atoms with E-state index in [1.165, 1.54) is 16.9 Å². The predicted octanol–water partition coefficient (Wildman–Crippen LogP) is 0.836. The number of aryl methyl sites for hydroxylation is 1. The number of nitrogens with two attached hydrogens (primary N) is 2. The minimum absolute atomic E-state index is 0.289. The van der Waals surface area contributed by atoms with Gasteiger partial charge >= 0.3 is 0 Å². The van der Waals surface area contributed by atoms with Crippen molar-refractivity contribution in [1.82, 2.24) is 9.78 Å². The fourth-order valence-corrected chi connectivity index (χ4v) is 1.83. The van der Waals surface area contributed by atoms with Gasteiger partial charge in [0.1, 0.15) is 5.69 Å². The van der Waals surface area contributed by atoms with Crippen molar-refractivity contribution in [3.05, 3.63) is 41.7 Å². The molecule has 0 aliphatic carbocycles. The van der Waals surface area contributed by atoms with Crippen LogP contribution in [0.3, 0.4) is 0 Å². The van der Waals surface area contributed by atoms with Crippen molar-refractivity contribution in [3.8, 4) is 0 Å². The molecule has 104 valence electrons. The van der Waals surface area contributed by atoms with E-state index in [1.807, 2.05) is 6.92 Å². The highest BCUT2D eigenvalue weighted by Crippen LogP contribution is 2.15. The summed E-state index contributed by atoms with van der Waals surface area (Å²) in [6.45, 7) is 2.39. The molecule has 0 aliphatic heterocycles. The number of carbonyl (C=O) groups excluding carboxylic acids is 2. The molecule has 0 unspecified atom stereocenters. The highest BCUT2D eigenvalue weighted by Gasteiger charge is 2.16. The quantitative estimate of drug-likeness (QED) is 0.765. The van der Waals surface area contributed by atoms with Crippen LogP contribution < -0.4 is 16.8 Å². The summed E-state index contributed by atoms with van der Waals surface area (Å²) in [6, 6.07) is 6.37. The van der Waals surface area contributed by atoms with Crippen molar-refractivity contribution < 1.29 is 9.59 Å². The molecule has 2 aromatic rings. The van der Waals surface area contributed by atoms with Gasteiger partial charge in [-0.3, -0.25) is 14.3 Å². The van der Waals surface area contributed by atoms with Gasteiger partial charge in [-0.05, 0) is 25.1 Å². The van der Waals surface area contributed by atoms with Crippen molar-refractivity contribution in [1.29, 1.82) is 0 Å². The number of primary amides is 1. The first-order valence-electron chi connectivity index (χ1n) is 6.05. The molecule has 0 saturated heterocycles. The lowest BCUT2D eigenvalue weighted by Crippen LogP contribution is -2.19. The van der Waals surface area contributed by atoms with Gasteiger partial charge in [0, 0.05) is 17.8 Å². The Hall–Kier alpha value is -2.83. The van der Waals surface area contributed by atoms with Gasteiger partial charge in [0.2, 0.25) is 5.91 Å². The number of carbonyl (C=O) groups is 2. The molecular weight excluding hydrogens is 258 g/mol. The van der Waals surface area contributed by atoms with E-state index < -0.39 is 5.91 Å². The second kappa shape index (κ2) is 5.43. The molecule has 2 rings (SSSR count). The number of rotatable bonds is 4. The highest BCUT2D eigenvalue weighted by atomic mass is 16.2. The van der Waals surface area contributed by atoms with Crippen LogP contribution in [0.4, 0.5) is 11.4 Å². The van der Waals surface area contributed by atoms with Crippen molar-refractivity contribution in [2.75, 3.05) is 11.1 Å². The number of anilines is 2. The number of aromatic nitrogens is 2. The molecule has 0 bridgehead atoms. The maximum absolute atomic E-state index is 12.2. The van der Waals surface area contributed by atoms with E-state index in [2.05, 4.69) is 10.4 Å². The van der Waals surface area contributed by atoms with Gasteiger partial charge in [-0.15, -0.1) is 0 Å². The third-order valence-corrected chi connectivity index (χ3v) is 2.79. The average molecular weight is 273 g/mol. The van der Waals surface area contributed by atoms with E-state index >= 15 is 0 Å². The molecule has 7 nitrogen and oxygen atoms in total. The summed E-state index contributed by atoms with van der Waals surface area (Å²) in [5.74, 6) is -0.942. The molecule has 7 heteroatoms. The van der Waals surface area contributed by atoms with E-state index in [4.69, 9.17) is 11.5 Å². The molecule has 0 saturated carbocycles. The fraction of sp³-hybridized carbons (Fsp3) is 0.154. The van der Waals surface area contributed by atoms with Gasteiger partial charge in [-0.2, -0.15) is 5.10 Å². The Bertz CT molecular complexity index is 663. The first-order chi connectivity index (χ1) is 9.52. The summed E-state index contributed by atoms with van der Waals surface area (Å²) in [6.07, 6.45) is 1.43. The smallest absolute Gasteiger partial charge is 0.276 e. The van der Waals surface area contributed by atoms with E-state index in [0.29, 0.717) is 23.5 Å². The maximum atomic E-state index is 12.2. The largest absolute Gasteiger partial charge is 0.396 e. The van der Waals surface area contributed by atoms with Gasteiger partial charge in [-0.1, -0.05) is 6.07 Å². The second-order valence-electron chi connectivity index (χ2n) is 4.16. The molecule has 1 heterocycles. The fourth-order valence-electron chi connectivity index (χ4n) is 1.83. The molecule has 20 heavy (non-hydrogen) atoms. The Morgan fingerprint density at radius 2 is 2.15 bits per heavy atom. The maximum Gasteiger partial charge on any atom is 0.276 e. The molecule has 0 radical (unpaired) electrons. The summed E-state index contributed by atoms with van der Waals surface area (Å²) < 4.78 is 1.50. The molecule has 0 spiro atoms. The van der Waals surface area contributed by atoms with Gasteiger partial charge in [0.25, 0.3) is 5.91 Å². The van der Waals surface area contributed by atoms with Gasteiger partial charge in [0.05, 0.1) is 11.9 Å². The van der Waals surface area contributed by atoms with Crippen molar-refractivity contribution in [2.45, 2.75) is 13.5 Å². The summed E-state index contributed by atoms with van der Waals surface area (Å²) in [7, 11) is 0. The Labute approximate surface area is 115 Å². The number of benzene rings is 1. The van der Waals surface area contributed by atoms with Crippen molar-refractivity contribution in [3.63, 3.8) is 0 Å². The zero-order valence-electron chi connectivity index (χ0n) is 11.0. The van der Waals surface area contributed by atoms with Crippen LogP contribution in [0.15, 0.2) is 30.5 Å². The number of hydrogen-bond acceptors (Lipinski definition) is 4. The SMILES string of the molecule is CCn1ncc(N)c1C(=O)Nc1cccc(C(N)=O)c1. The molecule has 5 N–H and O–H groups in total. The van der Waals surface area contributed by atoms with E-state index in [0.717, 1.165) is 0 Å². The lowest BCUT2D eigenvalue weighted by atomic mass is 10.2. The number of nitrogens with zero attached hydrogens (tertiary/aromatic N) is 2. The van der Waals surface area contributed by atoms with Crippen molar-refractivity contribution in [2.24, 2.45) is 5.73 Å². The standard InChI is InChI=1S/C13H15N5O2/c1-2-18-11(10(14)7-16-18)13(20)17-9-5-3-4-8(6-9)12(15)19/h3-7H,2,14H2,1H3,(H2,15,19)(H,17,20). The molecule has 0 aliphatic rings. The zero-order valence-corrected chi connectivity index (χ0v) is 11.0. The topological polar surface area (TPSA) is 116 Å². The van der Waals surface area contributed by atoms with Crippen LogP contribution in [-0.2, 0) is 6.54 Å². The van der Waals surface area contributed by atoms with Crippen LogP contribution in [0, 0.1) is 0 Å². The minimum Gasteiger partial charge on any atom is -0.396 e. The second-order valence-corrected chi connectivity index (χ2v) is 4.16. The van der Waals surface area contributed by atoms with Crippen LogP contribution in [0.2, 0.25) is 0 Å². The van der Waals surface area contributed by atoms with Crippen LogP contribution in [0.5, 0.6) is 0 Å². The van der Waals surface area contributed by atoms with Crippen molar-refractivity contribution >= 4 is 23.2 Å². The summed E-state index contributed by atoms with van der Waals surface area (Å²) in [5, 5.41) is 6.67. The van der Waals surface area contributed by atoms with Crippen LogP contribution in [0.1, 0.15) is 27.8 Å². The summed E-state index contributed by atoms with van der Waals surface area (Å²) in [5.41, 5.74) is 12.3. The van der Waals surface area contributed by atoms with Crippen LogP contribution >= 0.6 is 0 Å². The first kappa shape index (κ1) is 13.6. The Morgan fingerprint density at radius 3 is 2.80 bits per heavy atom. The van der Waals surface area contributed by atoms with Gasteiger partial charge < -0.3 is 16.8 Å². The van der Waals surface area contributed by atoms with E-state index in [1.54, 1.807) is 18.2 Å². The molecule has 0 atom stereocenters. The zero-order chi connectivity index (χ0) is 14.7. The average Bonchev–Trinajstić information content (AvgIpc) is 2.80. The number of nitrogens with one attached hydrogen (secondary N) is 1. The summed E-state index contributed by atoms with van der Waals surface area (Å²) in [4.78, 5) is 23.3. The Balaban J connectivity index is 2.25. The lowest BCUT2D eigenvalue weighted by Gasteiger charge is -2.08. The number of hydrogen-bond donors (Lipinski definition) is 3. The highest BCUT2D eigenvalue weighted by molar-refractivity contribution is 6.07. The predicted molar refractivity (Wildman–Crippen MR) is 75.2 cm³/mol. The van der Waals surface area contributed by atoms with Crippen LogP contribution in [0.25, 0.3) is 0 Å². The summed E-state index contributed by atoms with van der Waals surface area (Å²) >= 11 is 0. The normalized spacial score (nSPS) is 10.2. The lowest BCUT2D eigenvalue weighted by molar-refractivity contribution is 0.0994. The molecule has 0 fully saturated rings. The third kappa shape index (κ3) is 2.61. The first-order valence-corrected chi connectivity index (χ1v) is 6.05. The van der Waals surface area contributed by atoms with E-state index in [-0.39, 0.29) is 11.6 Å². The van der Waals surface area contributed by atoms with Gasteiger partial charge in [-0.25, -0.2) is 0 Å². The van der Waals surface area contributed by atoms with E-state index in [9.17, 15) is 9.59 Å². The third-order valence-electron chi connectivity index (χ3n) is 2.79. The van der Waals surface area contributed by atoms with Gasteiger partial charge in [0.15, 0.2) is 0 Å². The molecular formula is C13H15N5O2. The monoisotopic (exact) mass is 273 g/mol. The Kier molecular flexibility index (Phi) is 3.69. The molecule has 1 aromatic carbocycles. The molecule has 2 amide bonds. The number of nitrogen functional groups attached to an aromatic ring is 1. The minimum atomic E-state index is -0.556. The Morgan fingerprint density at radius 1 is 1.40 bits per heavy atom.